The topological polar surface area (TPSA) is 21.3 Å². The highest BCUT2D eigenvalue weighted by Gasteiger charge is 2.02. The van der Waals surface area contributed by atoms with Crippen LogP contribution in [0.2, 0.25) is 0 Å². The SMILES string of the molecule is C#CCOc1ccc(CNc2ccc(CC)cc2)cc1Br. The van der Waals surface area contributed by atoms with E-state index < -0.39 is 0 Å². The summed E-state index contributed by atoms with van der Waals surface area (Å²) in [6.45, 7) is 3.20. The summed E-state index contributed by atoms with van der Waals surface area (Å²) in [6.07, 6.45) is 6.25. The van der Waals surface area contributed by atoms with Crippen molar-refractivity contribution in [2.75, 3.05) is 11.9 Å². The molecule has 0 atom stereocenters. The maximum Gasteiger partial charge on any atom is 0.148 e. The highest BCUT2D eigenvalue weighted by atomic mass is 79.9. The summed E-state index contributed by atoms with van der Waals surface area (Å²) in [6, 6.07) is 14.5. The van der Waals surface area contributed by atoms with Gasteiger partial charge >= 0.3 is 0 Å². The summed E-state index contributed by atoms with van der Waals surface area (Å²) in [7, 11) is 0. The summed E-state index contributed by atoms with van der Waals surface area (Å²) in [5.41, 5.74) is 3.64. The van der Waals surface area contributed by atoms with Crippen LogP contribution in [0.25, 0.3) is 0 Å². The molecule has 0 fully saturated rings. The van der Waals surface area contributed by atoms with Crippen LogP contribution in [0.3, 0.4) is 0 Å². The lowest BCUT2D eigenvalue weighted by Crippen LogP contribution is -2.00. The number of halogens is 1. The van der Waals surface area contributed by atoms with Gasteiger partial charge in [-0.25, -0.2) is 0 Å². The Hall–Kier alpha value is -1.92. The second-order valence-electron chi connectivity index (χ2n) is 4.66. The second kappa shape index (κ2) is 7.75. The summed E-state index contributed by atoms with van der Waals surface area (Å²) in [5.74, 6) is 3.23. The van der Waals surface area contributed by atoms with Crippen molar-refractivity contribution in [3.63, 3.8) is 0 Å². The smallest absolute Gasteiger partial charge is 0.148 e. The van der Waals surface area contributed by atoms with Crippen LogP contribution < -0.4 is 10.1 Å². The monoisotopic (exact) mass is 343 g/mol. The summed E-state index contributed by atoms with van der Waals surface area (Å²) in [5, 5.41) is 3.41. The van der Waals surface area contributed by atoms with Crippen LogP contribution in [-0.4, -0.2) is 6.61 Å². The first-order valence-electron chi connectivity index (χ1n) is 6.90. The lowest BCUT2D eigenvalue weighted by molar-refractivity contribution is 0.368. The minimum Gasteiger partial charge on any atom is -0.480 e. The van der Waals surface area contributed by atoms with Gasteiger partial charge in [-0.3, -0.25) is 0 Å². The van der Waals surface area contributed by atoms with Gasteiger partial charge < -0.3 is 10.1 Å². The molecule has 0 aliphatic heterocycles. The third kappa shape index (κ3) is 4.54. The molecule has 0 aromatic heterocycles. The van der Waals surface area contributed by atoms with Crippen molar-refractivity contribution in [2.45, 2.75) is 19.9 Å². The molecule has 0 aliphatic rings. The van der Waals surface area contributed by atoms with E-state index in [1.807, 2.05) is 18.2 Å². The van der Waals surface area contributed by atoms with E-state index in [2.05, 4.69) is 58.4 Å². The maximum absolute atomic E-state index is 5.43. The largest absolute Gasteiger partial charge is 0.480 e. The number of terminal acetylenes is 1. The van der Waals surface area contributed by atoms with Crippen molar-refractivity contribution in [1.29, 1.82) is 0 Å². The van der Waals surface area contributed by atoms with Crippen molar-refractivity contribution in [3.8, 4) is 18.1 Å². The Morgan fingerprint density at radius 3 is 2.48 bits per heavy atom. The molecule has 2 aromatic rings. The Kier molecular flexibility index (Phi) is 5.71. The van der Waals surface area contributed by atoms with Gasteiger partial charge in [-0.2, -0.15) is 0 Å². The predicted molar refractivity (Wildman–Crippen MR) is 91.6 cm³/mol. The van der Waals surface area contributed by atoms with Crippen LogP contribution in [0.5, 0.6) is 5.75 Å². The number of anilines is 1. The van der Waals surface area contributed by atoms with E-state index in [4.69, 9.17) is 11.2 Å². The van der Waals surface area contributed by atoms with Gasteiger partial charge in [-0.15, -0.1) is 6.42 Å². The Morgan fingerprint density at radius 2 is 1.86 bits per heavy atom. The Labute approximate surface area is 134 Å². The number of rotatable bonds is 6. The Balaban J connectivity index is 1.96. The third-order valence-corrected chi connectivity index (χ3v) is 3.79. The fourth-order valence-electron chi connectivity index (χ4n) is 1.95. The molecule has 108 valence electrons. The molecule has 0 amide bonds. The zero-order valence-corrected chi connectivity index (χ0v) is 13.6. The third-order valence-electron chi connectivity index (χ3n) is 3.17. The van der Waals surface area contributed by atoms with E-state index in [1.54, 1.807) is 0 Å². The molecule has 0 bridgehead atoms. The van der Waals surface area contributed by atoms with Crippen LogP contribution in [0.15, 0.2) is 46.9 Å². The van der Waals surface area contributed by atoms with Gasteiger partial charge in [0.1, 0.15) is 12.4 Å². The first kappa shape index (κ1) is 15.5. The summed E-state index contributed by atoms with van der Waals surface area (Å²) in [4.78, 5) is 0. The standard InChI is InChI=1S/C18H18BrNO/c1-3-11-21-18-10-7-15(12-17(18)19)13-20-16-8-5-14(4-2)6-9-16/h1,5-10,12,20H,4,11,13H2,2H3. The van der Waals surface area contributed by atoms with Crippen LogP contribution in [0, 0.1) is 12.3 Å². The average Bonchev–Trinajstić information content (AvgIpc) is 2.52. The van der Waals surface area contributed by atoms with Gasteiger partial charge in [-0.05, 0) is 57.7 Å². The second-order valence-corrected chi connectivity index (χ2v) is 5.52. The van der Waals surface area contributed by atoms with Crippen molar-refractivity contribution in [1.82, 2.24) is 0 Å². The predicted octanol–water partition coefficient (Wildman–Crippen LogP) is 4.64. The van der Waals surface area contributed by atoms with E-state index in [1.165, 1.54) is 11.1 Å². The molecule has 0 heterocycles. The summed E-state index contributed by atoms with van der Waals surface area (Å²) >= 11 is 3.50. The van der Waals surface area contributed by atoms with Gasteiger partial charge in [0.05, 0.1) is 4.47 Å². The first-order chi connectivity index (χ1) is 10.2. The molecule has 0 spiro atoms. The molecule has 2 nitrogen and oxygen atoms in total. The Morgan fingerprint density at radius 1 is 1.14 bits per heavy atom. The minimum atomic E-state index is 0.278. The van der Waals surface area contributed by atoms with E-state index in [0.29, 0.717) is 0 Å². The van der Waals surface area contributed by atoms with Crippen molar-refractivity contribution in [3.05, 3.63) is 58.1 Å². The molecule has 0 saturated heterocycles. The van der Waals surface area contributed by atoms with Gasteiger partial charge in [0, 0.05) is 12.2 Å². The van der Waals surface area contributed by atoms with Crippen molar-refractivity contribution < 1.29 is 4.74 Å². The molecular weight excluding hydrogens is 326 g/mol. The number of hydrogen-bond acceptors (Lipinski definition) is 2. The highest BCUT2D eigenvalue weighted by Crippen LogP contribution is 2.26. The highest BCUT2D eigenvalue weighted by molar-refractivity contribution is 9.10. The summed E-state index contributed by atoms with van der Waals surface area (Å²) < 4.78 is 6.34. The van der Waals surface area contributed by atoms with Gasteiger partial charge in [0.25, 0.3) is 0 Å². The molecule has 2 rings (SSSR count). The molecule has 21 heavy (non-hydrogen) atoms. The Bertz CT molecular complexity index is 629. The maximum atomic E-state index is 5.43. The number of aryl methyl sites for hydroxylation is 1. The zero-order chi connectivity index (χ0) is 15.1. The van der Waals surface area contributed by atoms with Crippen molar-refractivity contribution >= 4 is 21.6 Å². The lowest BCUT2D eigenvalue weighted by Gasteiger charge is -2.10. The van der Waals surface area contributed by atoms with Gasteiger partial charge in [0.2, 0.25) is 0 Å². The molecule has 0 radical (unpaired) electrons. The average molecular weight is 344 g/mol. The van der Waals surface area contributed by atoms with E-state index in [0.717, 1.165) is 28.9 Å². The van der Waals surface area contributed by atoms with Crippen molar-refractivity contribution in [2.24, 2.45) is 0 Å². The van der Waals surface area contributed by atoms with Gasteiger partial charge in [0.15, 0.2) is 0 Å². The quantitative estimate of drug-likeness (QED) is 0.771. The molecule has 0 saturated carbocycles. The molecule has 0 unspecified atom stereocenters. The van der Waals surface area contributed by atoms with Crippen LogP contribution in [0.4, 0.5) is 5.69 Å². The van der Waals surface area contributed by atoms with Crippen LogP contribution in [0.1, 0.15) is 18.1 Å². The van der Waals surface area contributed by atoms with Crippen LogP contribution in [-0.2, 0) is 13.0 Å². The molecule has 3 heteroatoms. The molecular formula is C18H18BrNO. The molecule has 0 aliphatic carbocycles. The fourth-order valence-corrected chi connectivity index (χ4v) is 2.49. The van der Waals surface area contributed by atoms with E-state index in [-0.39, 0.29) is 6.61 Å². The van der Waals surface area contributed by atoms with Crippen LogP contribution >= 0.6 is 15.9 Å². The number of hydrogen-bond donors (Lipinski definition) is 1. The molecule has 1 N–H and O–H groups in total. The van der Waals surface area contributed by atoms with Gasteiger partial charge in [-0.1, -0.05) is 31.0 Å². The fraction of sp³-hybridized carbons (Fsp3) is 0.222. The zero-order valence-electron chi connectivity index (χ0n) is 12.0. The number of ether oxygens (including phenoxy) is 1. The normalized spacial score (nSPS) is 9.95. The van der Waals surface area contributed by atoms with E-state index in [9.17, 15) is 0 Å². The van der Waals surface area contributed by atoms with E-state index >= 15 is 0 Å². The lowest BCUT2D eigenvalue weighted by atomic mass is 10.1. The number of nitrogens with one attached hydrogen (secondary N) is 1. The molecule has 2 aromatic carbocycles. The first-order valence-corrected chi connectivity index (χ1v) is 7.69. The number of benzene rings is 2. The minimum absolute atomic E-state index is 0.278.